The molecule has 0 aromatic heterocycles. The number of carbonyl (C=O) groups is 2. The molecule has 35 heavy (non-hydrogen) atoms. The van der Waals surface area contributed by atoms with E-state index < -0.39 is 21.9 Å². The second-order valence-corrected chi connectivity index (χ2v) is 11.0. The second-order valence-electron chi connectivity index (χ2n) is 9.12. The zero-order chi connectivity index (χ0) is 25.0. The molecule has 0 unspecified atom stereocenters. The number of nitrogens with one attached hydrogen (secondary N) is 1. The van der Waals surface area contributed by atoms with Gasteiger partial charge in [0.05, 0.1) is 18.4 Å². The maximum atomic E-state index is 13.7. The lowest BCUT2D eigenvalue weighted by Crippen LogP contribution is -2.37. The molecule has 0 atom stereocenters. The molecule has 2 aromatic carbocycles. The maximum Gasteiger partial charge on any atom is 0.338 e. The topological polar surface area (TPSA) is 96.0 Å². The van der Waals surface area contributed by atoms with Gasteiger partial charge in [-0.05, 0) is 74.9 Å². The molecule has 2 saturated heterocycles. The van der Waals surface area contributed by atoms with Gasteiger partial charge in [-0.25, -0.2) is 13.2 Å². The summed E-state index contributed by atoms with van der Waals surface area (Å²) in [4.78, 5) is 27.5. The van der Waals surface area contributed by atoms with E-state index in [9.17, 15) is 18.0 Å². The van der Waals surface area contributed by atoms with Gasteiger partial charge >= 0.3 is 5.97 Å². The number of carbonyl (C=O) groups excluding carboxylic acids is 2. The molecule has 2 heterocycles. The van der Waals surface area contributed by atoms with Gasteiger partial charge in [-0.1, -0.05) is 12.5 Å². The average molecular weight is 500 g/mol. The van der Waals surface area contributed by atoms with Crippen LogP contribution in [-0.2, 0) is 14.8 Å². The standard InChI is InChI=1S/C26H33N3O5S/c1-19-21(26(31)34-2)10-9-11-22(19)27-25(30)20-12-13-23(28-14-5-3-6-15-28)24(18-20)35(32,33)29-16-7-4-8-17-29/h9-13,18H,3-8,14-17H2,1-2H3,(H,27,30). The van der Waals surface area contributed by atoms with Crippen molar-refractivity contribution >= 4 is 33.3 Å². The minimum absolute atomic E-state index is 0.189. The Bertz CT molecular complexity index is 1200. The summed E-state index contributed by atoms with van der Waals surface area (Å²) < 4.78 is 33.8. The lowest BCUT2D eigenvalue weighted by molar-refractivity contribution is 0.0599. The first-order chi connectivity index (χ1) is 16.8. The van der Waals surface area contributed by atoms with Crippen molar-refractivity contribution in [3.8, 4) is 0 Å². The number of esters is 1. The van der Waals surface area contributed by atoms with Crippen LogP contribution in [0.1, 0.15) is 64.8 Å². The van der Waals surface area contributed by atoms with Crippen molar-refractivity contribution in [1.82, 2.24) is 4.31 Å². The molecule has 0 saturated carbocycles. The SMILES string of the molecule is COC(=O)c1cccc(NC(=O)c2ccc(N3CCCCC3)c(S(=O)(=O)N3CCCCC3)c2)c1C. The number of hydrogen-bond acceptors (Lipinski definition) is 6. The highest BCUT2D eigenvalue weighted by Crippen LogP contribution is 2.33. The van der Waals surface area contributed by atoms with Crippen LogP contribution >= 0.6 is 0 Å². The van der Waals surface area contributed by atoms with E-state index in [0.717, 1.165) is 51.6 Å². The van der Waals surface area contributed by atoms with Crippen LogP contribution in [0, 0.1) is 6.92 Å². The summed E-state index contributed by atoms with van der Waals surface area (Å²) in [5.74, 6) is -0.921. The van der Waals surface area contributed by atoms with Crippen LogP contribution in [-0.4, -0.2) is 57.9 Å². The van der Waals surface area contributed by atoms with E-state index in [1.807, 2.05) is 0 Å². The molecule has 2 aromatic rings. The summed E-state index contributed by atoms with van der Waals surface area (Å²) >= 11 is 0. The Labute approximate surface area is 207 Å². The number of nitrogens with zero attached hydrogens (tertiary/aromatic N) is 2. The molecule has 2 aliphatic rings. The highest BCUT2D eigenvalue weighted by atomic mass is 32.2. The van der Waals surface area contributed by atoms with E-state index in [-0.39, 0.29) is 10.5 Å². The molecule has 1 N–H and O–H groups in total. The predicted molar refractivity (Wildman–Crippen MR) is 136 cm³/mol. The number of anilines is 2. The van der Waals surface area contributed by atoms with Crippen molar-refractivity contribution < 1.29 is 22.7 Å². The number of sulfonamides is 1. The Kier molecular flexibility index (Phi) is 7.76. The number of methoxy groups -OCH3 is 1. The molecular weight excluding hydrogens is 466 g/mol. The lowest BCUT2D eigenvalue weighted by atomic mass is 10.1. The summed E-state index contributed by atoms with van der Waals surface area (Å²) in [5.41, 5.74) is 2.33. The summed E-state index contributed by atoms with van der Waals surface area (Å²) in [6, 6.07) is 9.94. The van der Waals surface area contributed by atoms with Gasteiger partial charge in [0, 0.05) is 37.4 Å². The van der Waals surface area contributed by atoms with Crippen LogP contribution in [0.3, 0.4) is 0 Å². The lowest BCUT2D eigenvalue weighted by Gasteiger charge is -2.33. The summed E-state index contributed by atoms with van der Waals surface area (Å²) in [6.45, 7) is 4.32. The molecule has 4 rings (SSSR count). The molecule has 1 amide bonds. The first-order valence-corrected chi connectivity index (χ1v) is 13.7. The molecule has 0 spiro atoms. The maximum absolute atomic E-state index is 13.7. The highest BCUT2D eigenvalue weighted by Gasteiger charge is 2.31. The normalized spacial score (nSPS) is 17.1. The Morgan fingerprint density at radius 1 is 0.914 bits per heavy atom. The molecule has 0 bridgehead atoms. The van der Waals surface area contributed by atoms with Gasteiger partial charge in [0.2, 0.25) is 10.0 Å². The summed E-state index contributed by atoms with van der Waals surface area (Å²) in [5, 5.41) is 2.83. The third kappa shape index (κ3) is 5.36. The third-order valence-corrected chi connectivity index (χ3v) is 8.77. The van der Waals surface area contributed by atoms with Crippen molar-refractivity contribution in [2.75, 3.05) is 43.5 Å². The van der Waals surface area contributed by atoms with E-state index in [4.69, 9.17) is 4.74 Å². The summed E-state index contributed by atoms with van der Waals surface area (Å²) in [6.07, 6.45) is 5.87. The molecular formula is C26H33N3O5S. The van der Waals surface area contributed by atoms with Crippen LogP contribution < -0.4 is 10.2 Å². The van der Waals surface area contributed by atoms with E-state index in [1.165, 1.54) is 13.2 Å². The Balaban J connectivity index is 1.69. The van der Waals surface area contributed by atoms with E-state index in [2.05, 4.69) is 10.2 Å². The van der Waals surface area contributed by atoms with Crippen molar-refractivity contribution in [3.63, 3.8) is 0 Å². The van der Waals surface area contributed by atoms with E-state index >= 15 is 0 Å². The number of rotatable bonds is 6. The van der Waals surface area contributed by atoms with Gasteiger partial charge in [0.1, 0.15) is 4.90 Å². The first-order valence-electron chi connectivity index (χ1n) is 12.2. The van der Waals surface area contributed by atoms with Gasteiger partial charge in [0.25, 0.3) is 5.91 Å². The zero-order valence-electron chi connectivity index (χ0n) is 20.4. The molecule has 9 heteroatoms. The van der Waals surface area contributed by atoms with Gasteiger partial charge in [0.15, 0.2) is 0 Å². The van der Waals surface area contributed by atoms with Crippen LogP contribution in [0.15, 0.2) is 41.3 Å². The fraction of sp³-hybridized carbons (Fsp3) is 0.462. The van der Waals surface area contributed by atoms with Crippen LogP contribution in [0.2, 0.25) is 0 Å². The van der Waals surface area contributed by atoms with Crippen LogP contribution in [0.25, 0.3) is 0 Å². The molecule has 2 fully saturated rings. The van der Waals surface area contributed by atoms with Gasteiger partial charge in [-0.2, -0.15) is 4.31 Å². The third-order valence-electron chi connectivity index (χ3n) is 6.84. The van der Waals surface area contributed by atoms with Gasteiger partial charge in [-0.3, -0.25) is 4.79 Å². The number of amides is 1. The Morgan fingerprint density at radius 2 is 1.57 bits per heavy atom. The minimum atomic E-state index is -3.75. The molecule has 0 radical (unpaired) electrons. The Hall–Kier alpha value is -2.91. The number of ether oxygens (including phenoxy) is 1. The fourth-order valence-electron chi connectivity index (χ4n) is 4.80. The molecule has 2 aliphatic heterocycles. The van der Waals surface area contributed by atoms with Crippen LogP contribution in [0.4, 0.5) is 11.4 Å². The van der Waals surface area contributed by atoms with Gasteiger partial charge < -0.3 is 15.0 Å². The van der Waals surface area contributed by atoms with E-state index in [1.54, 1.807) is 41.6 Å². The summed E-state index contributed by atoms with van der Waals surface area (Å²) in [7, 11) is -2.44. The quantitative estimate of drug-likeness (QED) is 0.599. The van der Waals surface area contributed by atoms with Crippen LogP contribution in [0.5, 0.6) is 0 Å². The number of piperidine rings is 2. The fourth-order valence-corrected chi connectivity index (χ4v) is 6.55. The average Bonchev–Trinajstić information content (AvgIpc) is 2.90. The first kappa shape index (κ1) is 25.2. The zero-order valence-corrected chi connectivity index (χ0v) is 21.2. The van der Waals surface area contributed by atoms with Crippen molar-refractivity contribution in [1.29, 1.82) is 0 Å². The smallest absolute Gasteiger partial charge is 0.338 e. The predicted octanol–water partition coefficient (Wildman–Crippen LogP) is 4.20. The number of benzene rings is 2. The Morgan fingerprint density at radius 3 is 2.23 bits per heavy atom. The molecule has 8 nitrogen and oxygen atoms in total. The monoisotopic (exact) mass is 499 g/mol. The van der Waals surface area contributed by atoms with Gasteiger partial charge in [-0.15, -0.1) is 0 Å². The van der Waals surface area contributed by atoms with E-state index in [0.29, 0.717) is 35.6 Å². The number of hydrogen-bond donors (Lipinski definition) is 1. The molecule has 0 aliphatic carbocycles. The minimum Gasteiger partial charge on any atom is -0.465 e. The van der Waals surface area contributed by atoms with Crippen molar-refractivity contribution in [2.24, 2.45) is 0 Å². The molecule has 188 valence electrons. The van der Waals surface area contributed by atoms with Crippen molar-refractivity contribution in [3.05, 3.63) is 53.1 Å². The largest absolute Gasteiger partial charge is 0.465 e. The van der Waals surface area contributed by atoms with Crippen molar-refractivity contribution in [2.45, 2.75) is 50.3 Å². The second kappa shape index (κ2) is 10.8. The highest BCUT2D eigenvalue weighted by molar-refractivity contribution is 7.89.